The molecule has 0 aromatic heterocycles. The summed E-state index contributed by atoms with van der Waals surface area (Å²) in [7, 11) is 8.04. The molecule has 0 rings (SSSR count). The van der Waals surface area contributed by atoms with E-state index in [1.54, 1.807) is 0 Å². The van der Waals surface area contributed by atoms with Gasteiger partial charge in [-0.3, -0.25) is 0 Å². The molecule has 0 atom stereocenters. The number of hydrogen-bond donors (Lipinski definition) is 1. The molecule has 0 radical (unpaired) electrons. The second kappa shape index (κ2) is 6.20. The minimum Gasteiger partial charge on any atom is -0.363 e. The van der Waals surface area contributed by atoms with Crippen LogP contribution in [0.15, 0.2) is 0 Å². The summed E-state index contributed by atoms with van der Waals surface area (Å²) in [5.41, 5.74) is 0. The smallest absolute Gasteiger partial charge is 0.168 e. The highest BCUT2D eigenvalue weighted by molar-refractivity contribution is 7.80. The van der Waals surface area contributed by atoms with Crippen molar-refractivity contribution in [1.82, 2.24) is 15.1 Å². The van der Waals surface area contributed by atoms with Gasteiger partial charge in [0.1, 0.15) is 0 Å². The highest BCUT2D eigenvalue weighted by Crippen LogP contribution is 1.83. The first kappa shape index (κ1) is 11.6. The first-order valence-corrected chi connectivity index (χ1v) is 4.54. The molecule has 0 aliphatic rings. The quantitative estimate of drug-likeness (QED) is 0.509. The van der Waals surface area contributed by atoms with E-state index in [2.05, 4.69) is 24.3 Å². The second-order valence-corrected chi connectivity index (χ2v) is 3.67. The summed E-state index contributed by atoms with van der Waals surface area (Å²) in [6.07, 6.45) is 1.13. The fourth-order valence-electron chi connectivity index (χ4n) is 0.749. The average Bonchev–Trinajstić information content (AvgIpc) is 1.97. The lowest BCUT2D eigenvalue weighted by molar-refractivity contribution is 0.399. The third kappa shape index (κ3) is 6.37. The number of nitrogens with zero attached hydrogens (tertiary/aromatic N) is 2. The van der Waals surface area contributed by atoms with Gasteiger partial charge < -0.3 is 15.1 Å². The number of nitrogens with one attached hydrogen (secondary N) is 1. The van der Waals surface area contributed by atoms with Crippen LogP contribution in [-0.4, -0.2) is 56.2 Å². The van der Waals surface area contributed by atoms with Crippen LogP contribution in [0.3, 0.4) is 0 Å². The third-order valence-corrected chi connectivity index (χ3v) is 1.97. The monoisotopic (exact) mass is 189 g/mol. The van der Waals surface area contributed by atoms with Crippen molar-refractivity contribution >= 4 is 17.3 Å². The van der Waals surface area contributed by atoms with Crippen LogP contribution in [0.2, 0.25) is 0 Å². The fourth-order valence-corrected chi connectivity index (χ4v) is 0.851. The molecule has 0 unspecified atom stereocenters. The molecule has 0 saturated carbocycles. The van der Waals surface area contributed by atoms with Crippen LogP contribution in [0.1, 0.15) is 6.42 Å². The molecule has 0 bridgehead atoms. The van der Waals surface area contributed by atoms with Gasteiger partial charge in [-0.15, -0.1) is 0 Å². The van der Waals surface area contributed by atoms with Crippen molar-refractivity contribution in [2.75, 3.05) is 41.3 Å². The molecule has 0 aromatic rings. The Bertz CT molecular complexity index is 134. The number of thiocarbonyl (C=S) groups is 1. The minimum absolute atomic E-state index is 0.814. The molecule has 0 aromatic carbocycles. The highest BCUT2D eigenvalue weighted by atomic mass is 32.1. The molecule has 12 heavy (non-hydrogen) atoms. The zero-order valence-corrected chi connectivity index (χ0v) is 9.24. The average molecular weight is 189 g/mol. The molecule has 0 saturated heterocycles. The largest absolute Gasteiger partial charge is 0.363 e. The summed E-state index contributed by atoms with van der Waals surface area (Å²) in [6, 6.07) is 0. The first-order chi connectivity index (χ1) is 5.54. The summed E-state index contributed by atoms with van der Waals surface area (Å²) < 4.78 is 0. The van der Waals surface area contributed by atoms with Gasteiger partial charge in [0.15, 0.2) is 5.11 Å². The van der Waals surface area contributed by atoms with Gasteiger partial charge in [-0.2, -0.15) is 0 Å². The summed E-state index contributed by atoms with van der Waals surface area (Å²) >= 11 is 5.06. The van der Waals surface area contributed by atoms with Crippen molar-refractivity contribution in [2.45, 2.75) is 6.42 Å². The molecule has 0 aliphatic heterocycles. The molecule has 0 heterocycles. The maximum absolute atomic E-state index is 5.06. The zero-order valence-electron chi connectivity index (χ0n) is 8.42. The lowest BCUT2D eigenvalue weighted by Gasteiger charge is -2.16. The van der Waals surface area contributed by atoms with Crippen LogP contribution in [-0.2, 0) is 0 Å². The lowest BCUT2D eigenvalue weighted by Crippen LogP contribution is -2.35. The molecular formula is C8H19N3S. The van der Waals surface area contributed by atoms with E-state index < -0.39 is 0 Å². The molecule has 0 spiro atoms. The molecule has 0 amide bonds. The normalized spacial score (nSPS) is 10.1. The Kier molecular flexibility index (Phi) is 6.02. The van der Waals surface area contributed by atoms with Crippen LogP contribution >= 0.6 is 12.2 Å². The standard InChI is InChI=1S/C8H19N3S/c1-10(2)7-5-6-9-8(12)11(3)4/h5-7H2,1-4H3,(H,9,12). The van der Waals surface area contributed by atoms with E-state index in [4.69, 9.17) is 12.2 Å². The molecule has 1 N–H and O–H groups in total. The Morgan fingerprint density at radius 3 is 2.25 bits per heavy atom. The lowest BCUT2D eigenvalue weighted by atomic mass is 10.4. The van der Waals surface area contributed by atoms with Gasteiger partial charge in [-0.25, -0.2) is 0 Å². The fraction of sp³-hybridized carbons (Fsp3) is 0.875. The molecule has 4 heteroatoms. The minimum atomic E-state index is 0.814. The third-order valence-electron chi connectivity index (χ3n) is 1.46. The van der Waals surface area contributed by atoms with Crippen LogP contribution in [0.25, 0.3) is 0 Å². The molecule has 72 valence electrons. The van der Waals surface area contributed by atoms with Gasteiger partial charge in [0.05, 0.1) is 0 Å². The Balaban J connectivity index is 3.26. The number of hydrogen-bond acceptors (Lipinski definition) is 2. The van der Waals surface area contributed by atoms with Gasteiger partial charge in [-0.1, -0.05) is 0 Å². The van der Waals surface area contributed by atoms with Crippen LogP contribution in [0, 0.1) is 0 Å². The maximum Gasteiger partial charge on any atom is 0.168 e. The van der Waals surface area contributed by atoms with Crippen molar-refractivity contribution in [3.8, 4) is 0 Å². The first-order valence-electron chi connectivity index (χ1n) is 4.14. The molecule has 3 nitrogen and oxygen atoms in total. The van der Waals surface area contributed by atoms with E-state index in [9.17, 15) is 0 Å². The van der Waals surface area contributed by atoms with E-state index in [-0.39, 0.29) is 0 Å². The van der Waals surface area contributed by atoms with Crippen LogP contribution in [0.5, 0.6) is 0 Å². The Morgan fingerprint density at radius 2 is 1.83 bits per heavy atom. The van der Waals surface area contributed by atoms with Gasteiger partial charge >= 0.3 is 0 Å². The maximum atomic E-state index is 5.06. The summed E-state index contributed by atoms with van der Waals surface area (Å²) in [5, 5.41) is 3.98. The Labute approximate surface area is 80.7 Å². The van der Waals surface area contributed by atoms with Crippen LogP contribution < -0.4 is 5.32 Å². The molecular weight excluding hydrogens is 170 g/mol. The van der Waals surface area contributed by atoms with Gasteiger partial charge in [0.25, 0.3) is 0 Å². The van der Waals surface area contributed by atoms with E-state index in [1.165, 1.54) is 0 Å². The van der Waals surface area contributed by atoms with Gasteiger partial charge in [0.2, 0.25) is 0 Å². The molecule has 0 aliphatic carbocycles. The second-order valence-electron chi connectivity index (χ2n) is 3.28. The van der Waals surface area contributed by atoms with E-state index >= 15 is 0 Å². The van der Waals surface area contributed by atoms with Crippen molar-refractivity contribution in [3.05, 3.63) is 0 Å². The summed E-state index contributed by atoms with van der Waals surface area (Å²) in [5.74, 6) is 0. The van der Waals surface area contributed by atoms with Crippen molar-refractivity contribution in [3.63, 3.8) is 0 Å². The van der Waals surface area contributed by atoms with Crippen LogP contribution in [0.4, 0.5) is 0 Å². The Hall–Kier alpha value is -0.350. The van der Waals surface area contributed by atoms with E-state index in [0.717, 1.165) is 24.6 Å². The predicted octanol–water partition coefficient (Wildman–Crippen LogP) is 0.374. The van der Waals surface area contributed by atoms with E-state index in [1.807, 2.05) is 19.0 Å². The predicted molar refractivity (Wildman–Crippen MR) is 57.5 cm³/mol. The topological polar surface area (TPSA) is 18.5 Å². The summed E-state index contributed by atoms with van der Waals surface area (Å²) in [6.45, 7) is 2.05. The molecule has 0 fully saturated rings. The van der Waals surface area contributed by atoms with Gasteiger partial charge in [-0.05, 0) is 39.3 Å². The number of rotatable bonds is 4. The van der Waals surface area contributed by atoms with Crippen molar-refractivity contribution < 1.29 is 0 Å². The Morgan fingerprint density at radius 1 is 1.25 bits per heavy atom. The van der Waals surface area contributed by atoms with E-state index in [0.29, 0.717) is 0 Å². The highest BCUT2D eigenvalue weighted by Gasteiger charge is 1.96. The van der Waals surface area contributed by atoms with Crippen molar-refractivity contribution in [1.29, 1.82) is 0 Å². The van der Waals surface area contributed by atoms with Crippen molar-refractivity contribution in [2.24, 2.45) is 0 Å². The van der Waals surface area contributed by atoms with Gasteiger partial charge in [0, 0.05) is 20.6 Å². The SMILES string of the molecule is CN(C)CCCNC(=S)N(C)C. The summed E-state index contributed by atoms with van der Waals surface area (Å²) in [4.78, 5) is 4.07. The zero-order chi connectivity index (χ0) is 9.56.